The molecular formula is C12H13N7O4. The van der Waals surface area contributed by atoms with Gasteiger partial charge in [-0.2, -0.15) is 5.10 Å². The molecule has 0 spiro atoms. The van der Waals surface area contributed by atoms with Crippen molar-refractivity contribution in [3.05, 3.63) is 34.6 Å². The maximum absolute atomic E-state index is 10.9. The van der Waals surface area contributed by atoms with Crippen LogP contribution in [-0.4, -0.2) is 53.3 Å². The predicted molar refractivity (Wildman–Crippen MR) is 74.7 cm³/mol. The van der Waals surface area contributed by atoms with Gasteiger partial charge in [0.05, 0.1) is 5.69 Å². The zero-order valence-electron chi connectivity index (χ0n) is 11.9. The van der Waals surface area contributed by atoms with Gasteiger partial charge in [-0.1, -0.05) is 0 Å². The first-order valence-electron chi connectivity index (χ1n) is 6.77. The van der Waals surface area contributed by atoms with Gasteiger partial charge < -0.3 is 25.8 Å². The van der Waals surface area contributed by atoms with Crippen LogP contribution in [0.4, 0.5) is 5.82 Å². The maximum atomic E-state index is 10.9. The number of aromatic nitrogens is 3. The van der Waals surface area contributed by atoms with Crippen molar-refractivity contribution in [3.8, 4) is 0 Å². The average molecular weight is 319 g/mol. The summed E-state index contributed by atoms with van der Waals surface area (Å²) in [6, 6.07) is 3.08. The minimum atomic E-state index is -2.09. The van der Waals surface area contributed by atoms with Gasteiger partial charge in [-0.05, 0) is 29.7 Å². The standard InChI is InChI=1S/C12H13N7O4/c1-10(21)11(22)7(20)8(11)23-12(10,17-18-14)6-3-2-5-9(13)15-4-16-19(5)6/h2-4,7-8,20-22H,1H3,(H2,13,15,16)/t7?,8-,10-,11-,12+/m1/s1. The van der Waals surface area contributed by atoms with Crippen LogP contribution in [0, 0.1) is 0 Å². The normalized spacial score (nSPS) is 41.6. The van der Waals surface area contributed by atoms with Gasteiger partial charge in [-0.3, -0.25) is 0 Å². The van der Waals surface area contributed by atoms with Crippen LogP contribution in [0.1, 0.15) is 12.6 Å². The number of anilines is 1. The SMILES string of the molecule is C[C@]1(O)[C@](N=[N+]=[N-])(c2ccc3c(N)ncnn23)O[C@@H]2C(O)[C@@]21O. The minimum Gasteiger partial charge on any atom is -0.387 e. The molecular weight excluding hydrogens is 306 g/mol. The molecule has 1 unspecified atom stereocenters. The van der Waals surface area contributed by atoms with Crippen LogP contribution in [0.25, 0.3) is 16.0 Å². The second-order valence-electron chi connectivity index (χ2n) is 5.88. The van der Waals surface area contributed by atoms with E-state index in [1.54, 1.807) is 6.07 Å². The number of nitrogens with zero attached hydrogens (tertiary/aromatic N) is 6. The number of fused-ring (bicyclic) bond motifs is 2. The average Bonchev–Trinajstić information content (AvgIpc) is 2.85. The van der Waals surface area contributed by atoms with Crippen molar-refractivity contribution in [2.45, 2.75) is 36.1 Å². The Balaban J connectivity index is 2.00. The lowest BCUT2D eigenvalue weighted by Crippen LogP contribution is -2.57. The Bertz CT molecular complexity index is 875. The van der Waals surface area contributed by atoms with Gasteiger partial charge in [0.25, 0.3) is 0 Å². The molecule has 1 saturated carbocycles. The quantitative estimate of drug-likeness (QED) is 0.312. The van der Waals surface area contributed by atoms with Crippen LogP contribution in [0.15, 0.2) is 23.6 Å². The first kappa shape index (κ1) is 14.2. The van der Waals surface area contributed by atoms with Crippen LogP contribution in [0.2, 0.25) is 0 Å². The predicted octanol–water partition coefficient (Wildman–Crippen LogP) is -0.970. The van der Waals surface area contributed by atoms with E-state index < -0.39 is 29.1 Å². The molecule has 2 aliphatic rings. The third kappa shape index (κ3) is 1.32. The zero-order chi connectivity index (χ0) is 16.6. The Labute approximate surface area is 128 Å². The van der Waals surface area contributed by atoms with Crippen LogP contribution in [0.3, 0.4) is 0 Å². The fourth-order valence-electron chi connectivity index (χ4n) is 3.37. The van der Waals surface area contributed by atoms with Gasteiger partial charge >= 0.3 is 0 Å². The molecule has 2 aromatic heterocycles. The van der Waals surface area contributed by atoms with Gasteiger partial charge in [-0.15, -0.1) is 0 Å². The molecule has 120 valence electrons. The number of nitrogen functional groups attached to an aromatic ring is 1. The molecule has 4 rings (SSSR count). The highest BCUT2D eigenvalue weighted by atomic mass is 16.6. The Morgan fingerprint density at radius 1 is 1.48 bits per heavy atom. The Kier molecular flexibility index (Phi) is 2.41. The summed E-state index contributed by atoms with van der Waals surface area (Å²) in [6.45, 7) is 1.24. The summed E-state index contributed by atoms with van der Waals surface area (Å²) >= 11 is 0. The van der Waals surface area contributed by atoms with Crippen molar-refractivity contribution in [1.29, 1.82) is 0 Å². The van der Waals surface area contributed by atoms with Gasteiger partial charge in [-0.25, -0.2) is 9.50 Å². The summed E-state index contributed by atoms with van der Waals surface area (Å²) in [5.41, 5.74) is 9.30. The van der Waals surface area contributed by atoms with E-state index in [0.717, 1.165) is 0 Å². The van der Waals surface area contributed by atoms with E-state index in [9.17, 15) is 15.3 Å². The van der Waals surface area contributed by atoms with Crippen LogP contribution in [-0.2, 0) is 10.5 Å². The summed E-state index contributed by atoms with van der Waals surface area (Å²) < 4.78 is 6.91. The topological polar surface area (TPSA) is 175 Å². The monoisotopic (exact) mass is 319 g/mol. The Hall–Kier alpha value is -2.43. The van der Waals surface area contributed by atoms with Crippen molar-refractivity contribution in [2.75, 3.05) is 5.73 Å². The van der Waals surface area contributed by atoms with E-state index in [-0.39, 0.29) is 11.5 Å². The lowest BCUT2D eigenvalue weighted by atomic mass is 9.84. The molecule has 3 heterocycles. The second kappa shape index (κ2) is 3.91. The van der Waals surface area contributed by atoms with Gasteiger partial charge in [0.2, 0.25) is 5.72 Å². The summed E-state index contributed by atoms with van der Waals surface area (Å²) in [4.78, 5) is 6.59. The number of aliphatic hydroxyl groups excluding tert-OH is 1. The number of aliphatic hydroxyl groups is 3. The molecule has 1 saturated heterocycles. The molecule has 2 fully saturated rings. The minimum absolute atomic E-state index is 0.164. The number of nitrogens with two attached hydrogens (primary N) is 1. The highest BCUT2D eigenvalue weighted by Gasteiger charge is 2.86. The molecule has 1 aliphatic heterocycles. The van der Waals surface area contributed by atoms with Crippen molar-refractivity contribution in [1.82, 2.24) is 14.6 Å². The number of rotatable bonds is 2. The van der Waals surface area contributed by atoms with Gasteiger partial charge in [0.15, 0.2) is 11.4 Å². The van der Waals surface area contributed by atoms with Crippen LogP contribution in [0.5, 0.6) is 0 Å². The number of azide groups is 1. The fraction of sp³-hybridized carbons (Fsp3) is 0.500. The summed E-state index contributed by atoms with van der Waals surface area (Å²) in [7, 11) is 0. The number of hydrogen-bond donors (Lipinski definition) is 4. The van der Waals surface area contributed by atoms with Crippen molar-refractivity contribution in [3.63, 3.8) is 0 Å². The van der Waals surface area contributed by atoms with Crippen LogP contribution < -0.4 is 5.73 Å². The second-order valence-corrected chi connectivity index (χ2v) is 5.88. The number of ether oxygens (including phenoxy) is 1. The smallest absolute Gasteiger partial charge is 0.220 e. The number of hydrogen-bond acceptors (Lipinski definition) is 8. The van der Waals surface area contributed by atoms with E-state index in [1.165, 1.54) is 23.8 Å². The fourth-order valence-corrected chi connectivity index (χ4v) is 3.37. The first-order chi connectivity index (χ1) is 10.8. The van der Waals surface area contributed by atoms with Crippen molar-refractivity contribution < 1.29 is 20.1 Å². The molecule has 0 amide bonds. The van der Waals surface area contributed by atoms with E-state index >= 15 is 0 Å². The Morgan fingerprint density at radius 3 is 2.83 bits per heavy atom. The maximum Gasteiger partial charge on any atom is 0.220 e. The van der Waals surface area contributed by atoms with Gasteiger partial charge in [0.1, 0.15) is 29.7 Å². The van der Waals surface area contributed by atoms with E-state index in [4.69, 9.17) is 16.0 Å². The zero-order valence-corrected chi connectivity index (χ0v) is 11.9. The van der Waals surface area contributed by atoms with E-state index in [0.29, 0.717) is 5.52 Å². The van der Waals surface area contributed by atoms with E-state index in [2.05, 4.69) is 20.1 Å². The molecule has 11 heteroatoms. The summed E-state index contributed by atoms with van der Waals surface area (Å²) in [5, 5.41) is 38.8. The molecule has 2 aromatic rings. The summed E-state index contributed by atoms with van der Waals surface area (Å²) in [5.74, 6) is 0.184. The Morgan fingerprint density at radius 2 is 2.22 bits per heavy atom. The van der Waals surface area contributed by atoms with Crippen LogP contribution >= 0.6 is 0 Å². The molecule has 5 N–H and O–H groups in total. The molecule has 23 heavy (non-hydrogen) atoms. The molecule has 11 nitrogen and oxygen atoms in total. The molecule has 0 bridgehead atoms. The first-order valence-corrected chi connectivity index (χ1v) is 6.77. The van der Waals surface area contributed by atoms with Crippen molar-refractivity contribution >= 4 is 11.3 Å². The third-order valence-electron chi connectivity index (χ3n) is 4.81. The lowest BCUT2D eigenvalue weighted by molar-refractivity contribution is -0.192. The molecule has 1 aliphatic carbocycles. The largest absolute Gasteiger partial charge is 0.387 e. The van der Waals surface area contributed by atoms with Gasteiger partial charge in [0, 0.05) is 4.91 Å². The molecule has 0 aromatic carbocycles. The van der Waals surface area contributed by atoms with E-state index in [1.807, 2.05) is 0 Å². The third-order valence-corrected chi connectivity index (χ3v) is 4.81. The highest BCUT2D eigenvalue weighted by Crippen LogP contribution is 2.64. The van der Waals surface area contributed by atoms with Crippen molar-refractivity contribution in [2.24, 2.45) is 5.11 Å². The molecule has 5 atom stereocenters. The summed E-state index contributed by atoms with van der Waals surface area (Å²) in [6.07, 6.45) is -1.15. The lowest BCUT2D eigenvalue weighted by Gasteiger charge is -2.39. The molecule has 0 radical (unpaired) electrons. The highest BCUT2D eigenvalue weighted by molar-refractivity contribution is 5.66.